The topological polar surface area (TPSA) is 42.4 Å². The van der Waals surface area contributed by atoms with E-state index in [1.165, 1.54) is 10.9 Å². The Labute approximate surface area is 282 Å². The van der Waals surface area contributed by atoms with Gasteiger partial charge < -0.3 is 13.7 Å². The molecule has 0 amide bonds. The zero-order chi connectivity index (χ0) is 32.3. The normalized spacial score (nSPS) is 11.7. The minimum Gasteiger partial charge on any atom is -0.456 e. The van der Waals surface area contributed by atoms with Gasteiger partial charge in [-0.15, -0.1) is 0 Å². The molecular formula is C45H28N2O2. The van der Waals surface area contributed by atoms with Gasteiger partial charge in [-0.25, -0.2) is 4.98 Å². The Morgan fingerprint density at radius 3 is 1.92 bits per heavy atom. The molecule has 0 aliphatic carbocycles. The van der Waals surface area contributed by atoms with Crippen molar-refractivity contribution in [3.63, 3.8) is 0 Å². The zero-order valence-corrected chi connectivity index (χ0v) is 26.4. The molecule has 10 rings (SSSR count). The standard InChI is InChI=1S/C45H28N2O2/c1-2-10-29(11-3-1)31-20-22-35(23-21-31)47(36-24-25-39-38-16-8-9-17-41(38)48-42(39)28-36)40-27-33-14-6-7-15-37(33)44-43(40)46-45(49-44)34-19-18-30-12-4-5-13-32(30)26-34/h1-28H. The number of furan rings is 1. The Morgan fingerprint density at radius 2 is 1.06 bits per heavy atom. The number of hydrogen-bond acceptors (Lipinski definition) is 4. The predicted octanol–water partition coefficient (Wildman–Crippen LogP) is 12.8. The van der Waals surface area contributed by atoms with Crippen LogP contribution in [0.5, 0.6) is 0 Å². The summed E-state index contributed by atoms with van der Waals surface area (Å²) in [6.07, 6.45) is 0. The molecule has 0 spiro atoms. The van der Waals surface area contributed by atoms with Crippen molar-refractivity contribution < 1.29 is 8.83 Å². The molecule has 10 aromatic rings. The Kier molecular flexibility index (Phi) is 6.15. The lowest BCUT2D eigenvalue weighted by atomic mass is 10.0. The Balaban J connectivity index is 1.22. The van der Waals surface area contributed by atoms with E-state index in [1.54, 1.807) is 0 Å². The molecule has 4 heteroatoms. The largest absolute Gasteiger partial charge is 0.456 e. The van der Waals surface area contributed by atoms with Crippen LogP contribution in [0.25, 0.3) is 77.2 Å². The SMILES string of the molecule is c1ccc(-c2ccc(N(c3ccc4c(c3)oc3ccccc34)c3cc4ccccc4c4oc(-c5ccc6ccccc6c5)nc34)cc2)cc1. The van der Waals surface area contributed by atoms with Crippen LogP contribution in [-0.4, -0.2) is 4.98 Å². The van der Waals surface area contributed by atoms with Gasteiger partial charge in [0.1, 0.15) is 16.7 Å². The first-order valence-corrected chi connectivity index (χ1v) is 16.5. The van der Waals surface area contributed by atoms with Crippen molar-refractivity contribution in [3.8, 4) is 22.6 Å². The van der Waals surface area contributed by atoms with Gasteiger partial charge in [0.15, 0.2) is 5.58 Å². The van der Waals surface area contributed by atoms with Crippen molar-refractivity contribution in [1.29, 1.82) is 0 Å². The van der Waals surface area contributed by atoms with Gasteiger partial charge in [-0.3, -0.25) is 0 Å². The van der Waals surface area contributed by atoms with Crippen LogP contribution in [-0.2, 0) is 0 Å². The average molecular weight is 629 g/mol. The number of fused-ring (bicyclic) bond motifs is 7. The van der Waals surface area contributed by atoms with Crippen LogP contribution in [0.3, 0.4) is 0 Å². The van der Waals surface area contributed by atoms with Crippen molar-refractivity contribution in [2.24, 2.45) is 0 Å². The second-order valence-corrected chi connectivity index (χ2v) is 12.4. The van der Waals surface area contributed by atoms with Gasteiger partial charge in [-0.2, -0.15) is 0 Å². The molecule has 230 valence electrons. The van der Waals surface area contributed by atoms with E-state index in [-0.39, 0.29) is 0 Å². The monoisotopic (exact) mass is 628 g/mol. The van der Waals surface area contributed by atoms with Crippen molar-refractivity contribution in [1.82, 2.24) is 4.98 Å². The number of nitrogens with zero attached hydrogens (tertiary/aromatic N) is 2. The summed E-state index contributed by atoms with van der Waals surface area (Å²) in [6.45, 7) is 0. The molecule has 0 aliphatic heterocycles. The van der Waals surface area contributed by atoms with Crippen LogP contribution in [0.2, 0.25) is 0 Å². The minimum absolute atomic E-state index is 0.588. The Bertz CT molecular complexity index is 2830. The van der Waals surface area contributed by atoms with Crippen molar-refractivity contribution in [3.05, 3.63) is 170 Å². The summed E-state index contributed by atoms with van der Waals surface area (Å²) in [4.78, 5) is 7.51. The van der Waals surface area contributed by atoms with E-state index in [9.17, 15) is 0 Å². The molecule has 0 atom stereocenters. The molecule has 0 unspecified atom stereocenters. The van der Waals surface area contributed by atoms with E-state index in [2.05, 4.69) is 157 Å². The highest BCUT2D eigenvalue weighted by Crippen LogP contribution is 2.45. The van der Waals surface area contributed by atoms with Crippen LogP contribution >= 0.6 is 0 Å². The Morgan fingerprint density at radius 1 is 0.408 bits per heavy atom. The highest BCUT2D eigenvalue weighted by molar-refractivity contribution is 6.12. The first-order chi connectivity index (χ1) is 24.3. The van der Waals surface area contributed by atoms with Crippen LogP contribution in [0, 0.1) is 0 Å². The van der Waals surface area contributed by atoms with Crippen LogP contribution < -0.4 is 4.90 Å². The third kappa shape index (κ3) is 4.57. The number of anilines is 3. The first kappa shape index (κ1) is 27.5. The summed E-state index contributed by atoms with van der Waals surface area (Å²) in [7, 11) is 0. The van der Waals surface area contributed by atoms with E-state index in [4.69, 9.17) is 13.8 Å². The molecule has 2 aromatic heterocycles. The maximum absolute atomic E-state index is 6.71. The number of benzene rings is 8. The van der Waals surface area contributed by atoms with Crippen LogP contribution in [0.4, 0.5) is 17.1 Å². The lowest BCUT2D eigenvalue weighted by molar-refractivity contribution is 0.623. The van der Waals surface area contributed by atoms with Crippen LogP contribution in [0.15, 0.2) is 179 Å². The summed E-state index contributed by atoms with van der Waals surface area (Å²) in [5, 5.41) is 6.61. The second kappa shape index (κ2) is 11.0. The molecule has 0 saturated carbocycles. The number of para-hydroxylation sites is 1. The molecule has 0 aliphatic rings. The number of rotatable bonds is 5. The average Bonchev–Trinajstić information content (AvgIpc) is 3.78. The van der Waals surface area contributed by atoms with Gasteiger partial charge in [0.25, 0.3) is 0 Å². The molecular weight excluding hydrogens is 601 g/mol. The van der Waals surface area contributed by atoms with E-state index in [1.807, 2.05) is 18.2 Å². The van der Waals surface area contributed by atoms with Gasteiger partial charge in [-0.05, 0) is 75.8 Å². The number of aromatic nitrogens is 1. The van der Waals surface area contributed by atoms with Gasteiger partial charge in [0.2, 0.25) is 5.89 Å². The van der Waals surface area contributed by atoms with Crippen molar-refractivity contribution >= 4 is 71.6 Å². The van der Waals surface area contributed by atoms with Gasteiger partial charge in [-0.1, -0.05) is 115 Å². The van der Waals surface area contributed by atoms with E-state index in [0.717, 1.165) is 77.4 Å². The van der Waals surface area contributed by atoms with Gasteiger partial charge in [0.05, 0.1) is 5.69 Å². The van der Waals surface area contributed by atoms with Gasteiger partial charge >= 0.3 is 0 Å². The van der Waals surface area contributed by atoms with Crippen molar-refractivity contribution in [2.75, 3.05) is 4.90 Å². The van der Waals surface area contributed by atoms with Crippen molar-refractivity contribution in [2.45, 2.75) is 0 Å². The number of oxazole rings is 1. The second-order valence-electron chi connectivity index (χ2n) is 12.4. The zero-order valence-electron chi connectivity index (χ0n) is 26.4. The lowest BCUT2D eigenvalue weighted by Gasteiger charge is -2.26. The molecule has 0 saturated heterocycles. The number of hydrogen-bond donors (Lipinski definition) is 0. The summed E-state index contributed by atoms with van der Waals surface area (Å²) >= 11 is 0. The molecule has 0 bridgehead atoms. The third-order valence-corrected chi connectivity index (χ3v) is 9.46. The first-order valence-electron chi connectivity index (χ1n) is 16.5. The fourth-order valence-electron chi connectivity index (χ4n) is 7.05. The summed E-state index contributed by atoms with van der Waals surface area (Å²) in [6, 6.07) is 59.1. The summed E-state index contributed by atoms with van der Waals surface area (Å²) in [5.41, 5.74) is 9.41. The summed E-state index contributed by atoms with van der Waals surface area (Å²) < 4.78 is 13.1. The smallest absolute Gasteiger partial charge is 0.227 e. The third-order valence-electron chi connectivity index (χ3n) is 9.46. The predicted molar refractivity (Wildman–Crippen MR) is 202 cm³/mol. The van der Waals surface area contributed by atoms with Crippen LogP contribution in [0.1, 0.15) is 0 Å². The molecule has 49 heavy (non-hydrogen) atoms. The minimum atomic E-state index is 0.588. The van der Waals surface area contributed by atoms with E-state index >= 15 is 0 Å². The Hall–Kier alpha value is -6.65. The lowest BCUT2D eigenvalue weighted by Crippen LogP contribution is -2.10. The maximum Gasteiger partial charge on any atom is 0.227 e. The fourth-order valence-corrected chi connectivity index (χ4v) is 7.05. The molecule has 2 heterocycles. The fraction of sp³-hybridized carbons (Fsp3) is 0. The van der Waals surface area contributed by atoms with E-state index < -0.39 is 0 Å². The molecule has 4 nitrogen and oxygen atoms in total. The molecule has 0 N–H and O–H groups in total. The maximum atomic E-state index is 6.71. The molecule has 8 aromatic carbocycles. The molecule has 0 fully saturated rings. The van der Waals surface area contributed by atoms with Gasteiger partial charge in [0, 0.05) is 39.2 Å². The summed E-state index contributed by atoms with van der Waals surface area (Å²) in [5.74, 6) is 0.588. The van der Waals surface area contributed by atoms with E-state index in [0.29, 0.717) is 5.89 Å². The molecule has 0 radical (unpaired) electrons. The highest BCUT2D eigenvalue weighted by Gasteiger charge is 2.23. The quantitative estimate of drug-likeness (QED) is 0.190. The highest BCUT2D eigenvalue weighted by atomic mass is 16.3.